The van der Waals surface area contributed by atoms with Gasteiger partial charge in [-0.1, -0.05) is 55.2 Å². The average molecular weight is 504 g/mol. The van der Waals surface area contributed by atoms with Crippen LogP contribution in [0.4, 0.5) is 11.4 Å². The van der Waals surface area contributed by atoms with E-state index in [-0.39, 0.29) is 30.2 Å². The quantitative estimate of drug-likeness (QED) is 0.409. The van der Waals surface area contributed by atoms with Gasteiger partial charge in [0, 0.05) is 29.2 Å². The van der Waals surface area contributed by atoms with Crippen molar-refractivity contribution in [1.82, 2.24) is 5.32 Å². The molecular weight excluding hydrogens is 470 g/mol. The number of thiophene rings is 1. The standard InChI is InChI=1S/C29H33N3O3S/c1-20-10-12-22(13-11-20)28(29(35)31-23-7-4-3-5-8-23)32(27(34)19-26-9-6-18-36-26)25-16-14-24(15-17-25)30-21(2)33/h6,9-18,23,28H,3-5,7-8,19H2,1-2H3,(H,30,33)(H,31,35)/t28-/m0/s1. The molecule has 0 radical (unpaired) electrons. The molecule has 2 N–H and O–H groups in total. The summed E-state index contributed by atoms with van der Waals surface area (Å²) < 4.78 is 0. The summed E-state index contributed by atoms with van der Waals surface area (Å²) in [5, 5.41) is 7.95. The van der Waals surface area contributed by atoms with E-state index >= 15 is 0 Å². The van der Waals surface area contributed by atoms with Crippen molar-refractivity contribution < 1.29 is 14.4 Å². The zero-order valence-corrected chi connectivity index (χ0v) is 21.6. The van der Waals surface area contributed by atoms with Crippen molar-refractivity contribution in [2.45, 2.75) is 64.5 Å². The van der Waals surface area contributed by atoms with Crippen LogP contribution >= 0.6 is 11.3 Å². The summed E-state index contributed by atoms with van der Waals surface area (Å²) in [5.74, 6) is -0.497. The number of nitrogens with one attached hydrogen (secondary N) is 2. The second-order valence-corrected chi connectivity index (χ2v) is 10.4. The summed E-state index contributed by atoms with van der Waals surface area (Å²) in [5.41, 5.74) is 3.09. The fourth-order valence-electron chi connectivity index (χ4n) is 4.69. The predicted octanol–water partition coefficient (Wildman–Crippen LogP) is 5.78. The topological polar surface area (TPSA) is 78.5 Å². The zero-order valence-electron chi connectivity index (χ0n) is 20.8. The van der Waals surface area contributed by atoms with E-state index in [2.05, 4.69) is 10.6 Å². The van der Waals surface area contributed by atoms with E-state index in [1.165, 1.54) is 24.7 Å². The van der Waals surface area contributed by atoms with Crippen LogP contribution in [0.15, 0.2) is 66.0 Å². The Kier molecular flexibility index (Phi) is 8.54. The molecule has 3 amide bonds. The lowest BCUT2D eigenvalue weighted by molar-refractivity contribution is -0.127. The van der Waals surface area contributed by atoms with Crippen molar-refractivity contribution in [2.75, 3.05) is 10.2 Å². The van der Waals surface area contributed by atoms with Crippen LogP contribution in [0.3, 0.4) is 0 Å². The normalized spacial score (nSPS) is 14.6. The van der Waals surface area contributed by atoms with Crippen molar-refractivity contribution in [3.8, 4) is 0 Å². The van der Waals surface area contributed by atoms with Gasteiger partial charge in [0.05, 0.1) is 6.42 Å². The first-order valence-corrected chi connectivity index (χ1v) is 13.4. The number of anilines is 2. The highest BCUT2D eigenvalue weighted by atomic mass is 32.1. The first-order valence-electron chi connectivity index (χ1n) is 12.5. The van der Waals surface area contributed by atoms with Gasteiger partial charge in [0.15, 0.2) is 0 Å². The van der Waals surface area contributed by atoms with E-state index in [0.717, 1.165) is 41.7 Å². The zero-order chi connectivity index (χ0) is 25.5. The third-order valence-electron chi connectivity index (χ3n) is 6.49. The van der Waals surface area contributed by atoms with Gasteiger partial charge in [0.25, 0.3) is 0 Å². The fraction of sp³-hybridized carbons (Fsp3) is 0.345. The van der Waals surface area contributed by atoms with E-state index in [9.17, 15) is 14.4 Å². The van der Waals surface area contributed by atoms with Crippen LogP contribution in [0, 0.1) is 6.92 Å². The van der Waals surface area contributed by atoms with Gasteiger partial charge in [-0.2, -0.15) is 0 Å². The van der Waals surface area contributed by atoms with Gasteiger partial charge in [0.2, 0.25) is 17.7 Å². The molecule has 1 aliphatic carbocycles. The number of carbonyl (C=O) groups excluding carboxylic acids is 3. The third kappa shape index (κ3) is 6.61. The van der Waals surface area contributed by atoms with E-state index in [4.69, 9.17) is 0 Å². The summed E-state index contributed by atoms with van der Waals surface area (Å²) >= 11 is 1.52. The van der Waals surface area contributed by atoms with Crippen LogP contribution in [0.5, 0.6) is 0 Å². The summed E-state index contributed by atoms with van der Waals surface area (Å²) in [4.78, 5) is 41.7. The van der Waals surface area contributed by atoms with Crippen molar-refractivity contribution in [3.05, 3.63) is 82.0 Å². The molecule has 0 spiro atoms. The van der Waals surface area contributed by atoms with Crippen LogP contribution < -0.4 is 15.5 Å². The van der Waals surface area contributed by atoms with Gasteiger partial charge in [-0.25, -0.2) is 0 Å². The molecule has 1 fully saturated rings. The Morgan fingerprint density at radius 2 is 1.67 bits per heavy atom. The Morgan fingerprint density at radius 1 is 0.972 bits per heavy atom. The molecule has 0 bridgehead atoms. The fourth-order valence-corrected chi connectivity index (χ4v) is 5.38. The summed E-state index contributed by atoms with van der Waals surface area (Å²) in [6, 6.07) is 18.0. The molecule has 0 aliphatic heterocycles. The van der Waals surface area contributed by atoms with E-state index in [1.54, 1.807) is 29.2 Å². The minimum absolute atomic E-state index is 0.121. The molecule has 1 aliphatic rings. The molecule has 0 unspecified atom stereocenters. The smallest absolute Gasteiger partial charge is 0.248 e. The van der Waals surface area contributed by atoms with Gasteiger partial charge in [-0.05, 0) is 61.0 Å². The maximum atomic E-state index is 13.9. The number of hydrogen-bond donors (Lipinski definition) is 2. The maximum absolute atomic E-state index is 13.9. The largest absolute Gasteiger partial charge is 0.351 e. The first-order chi connectivity index (χ1) is 17.4. The van der Waals surface area contributed by atoms with Gasteiger partial charge in [-0.3, -0.25) is 19.3 Å². The summed E-state index contributed by atoms with van der Waals surface area (Å²) in [6.07, 6.45) is 5.52. The Bertz CT molecular complexity index is 1170. The van der Waals surface area contributed by atoms with Crippen LogP contribution in [0.1, 0.15) is 61.1 Å². The molecule has 1 atom stereocenters. The lowest BCUT2D eigenvalue weighted by Crippen LogP contribution is -2.47. The number of rotatable bonds is 8. The van der Waals surface area contributed by atoms with Crippen LogP contribution in [-0.4, -0.2) is 23.8 Å². The van der Waals surface area contributed by atoms with Crippen LogP contribution in [0.2, 0.25) is 0 Å². The summed E-state index contributed by atoms with van der Waals surface area (Å²) in [7, 11) is 0. The van der Waals surface area contributed by atoms with Gasteiger partial charge in [-0.15, -0.1) is 11.3 Å². The predicted molar refractivity (Wildman–Crippen MR) is 145 cm³/mol. The summed E-state index contributed by atoms with van der Waals surface area (Å²) in [6.45, 7) is 3.45. The average Bonchev–Trinajstić information content (AvgIpc) is 3.37. The monoisotopic (exact) mass is 503 g/mol. The highest BCUT2D eigenvalue weighted by molar-refractivity contribution is 7.10. The Labute approximate surface area is 216 Å². The molecule has 3 aromatic rings. The van der Waals surface area contributed by atoms with Gasteiger partial charge in [0.1, 0.15) is 6.04 Å². The SMILES string of the molecule is CC(=O)Nc1ccc(N(C(=O)Cc2cccs2)[C@H](C(=O)NC2CCCCC2)c2ccc(C)cc2)cc1. The molecule has 1 saturated carbocycles. The molecule has 1 aromatic heterocycles. The van der Waals surface area contributed by atoms with Crippen molar-refractivity contribution in [2.24, 2.45) is 0 Å². The van der Waals surface area contributed by atoms with Gasteiger partial charge >= 0.3 is 0 Å². The van der Waals surface area contributed by atoms with Crippen molar-refractivity contribution in [1.29, 1.82) is 0 Å². The van der Waals surface area contributed by atoms with E-state index in [1.807, 2.05) is 48.7 Å². The van der Waals surface area contributed by atoms with Crippen LogP contribution in [-0.2, 0) is 20.8 Å². The Balaban J connectivity index is 1.73. The molecule has 36 heavy (non-hydrogen) atoms. The Hall–Kier alpha value is -3.45. The molecule has 7 heteroatoms. The number of nitrogens with zero attached hydrogens (tertiary/aromatic N) is 1. The molecular formula is C29H33N3O3S. The third-order valence-corrected chi connectivity index (χ3v) is 7.37. The van der Waals surface area contributed by atoms with E-state index < -0.39 is 6.04 Å². The number of aryl methyl sites for hydroxylation is 1. The number of benzene rings is 2. The number of hydrogen-bond acceptors (Lipinski definition) is 4. The minimum Gasteiger partial charge on any atom is -0.351 e. The maximum Gasteiger partial charge on any atom is 0.248 e. The second-order valence-electron chi connectivity index (χ2n) is 9.40. The number of carbonyl (C=O) groups is 3. The molecule has 0 saturated heterocycles. The van der Waals surface area contributed by atoms with Crippen molar-refractivity contribution >= 4 is 40.4 Å². The Morgan fingerprint density at radius 3 is 2.28 bits per heavy atom. The lowest BCUT2D eigenvalue weighted by Gasteiger charge is -2.33. The lowest BCUT2D eigenvalue weighted by atomic mass is 9.94. The second kappa shape index (κ2) is 12.0. The van der Waals surface area contributed by atoms with Gasteiger partial charge < -0.3 is 10.6 Å². The van der Waals surface area contributed by atoms with Crippen LogP contribution in [0.25, 0.3) is 0 Å². The minimum atomic E-state index is -0.813. The molecule has 1 heterocycles. The molecule has 6 nitrogen and oxygen atoms in total. The van der Waals surface area contributed by atoms with Crippen molar-refractivity contribution in [3.63, 3.8) is 0 Å². The highest BCUT2D eigenvalue weighted by Crippen LogP contribution is 2.31. The first kappa shape index (κ1) is 25.6. The molecule has 2 aromatic carbocycles. The highest BCUT2D eigenvalue weighted by Gasteiger charge is 2.34. The van der Waals surface area contributed by atoms with E-state index in [0.29, 0.717) is 11.4 Å². The number of amides is 3. The molecule has 188 valence electrons. The molecule has 4 rings (SSSR count).